The normalized spacial score (nSPS) is 16.4. The Morgan fingerprint density at radius 2 is 1.62 bits per heavy atom. The molecule has 0 unspecified atom stereocenters. The van der Waals surface area contributed by atoms with Crippen LogP contribution in [0.3, 0.4) is 0 Å². The third kappa shape index (κ3) is 3.43. The van der Waals surface area contributed by atoms with E-state index < -0.39 is 21.7 Å². The van der Waals surface area contributed by atoms with Crippen molar-refractivity contribution in [3.63, 3.8) is 0 Å². The van der Waals surface area contributed by atoms with Gasteiger partial charge in [0.15, 0.2) is 0 Å². The lowest BCUT2D eigenvalue weighted by atomic mass is 10.2. The molecule has 1 aromatic heterocycles. The van der Waals surface area contributed by atoms with Gasteiger partial charge in [-0.3, -0.25) is 4.79 Å². The van der Waals surface area contributed by atoms with Gasteiger partial charge in [0.05, 0.1) is 11.4 Å². The maximum absolute atomic E-state index is 13.1. The topological polar surface area (TPSA) is 72.3 Å². The van der Waals surface area contributed by atoms with Gasteiger partial charge in [-0.15, -0.1) is 0 Å². The lowest BCUT2D eigenvalue weighted by Crippen LogP contribution is -2.32. The van der Waals surface area contributed by atoms with Gasteiger partial charge in [-0.05, 0) is 51.0 Å². The Labute approximate surface area is 152 Å². The predicted octanol–water partition coefficient (Wildman–Crippen LogP) is 2.89. The molecule has 6 nitrogen and oxygen atoms in total. The number of rotatable bonds is 3. The summed E-state index contributed by atoms with van der Waals surface area (Å²) in [5, 5.41) is 4.16. The summed E-state index contributed by atoms with van der Waals surface area (Å²) in [5.74, 6) is -0.928. The predicted molar refractivity (Wildman–Crippen MR) is 95.1 cm³/mol. The van der Waals surface area contributed by atoms with E-state index in [9.17, 15) is 17.6 Å². The molecule has 0 bridgehead atoms. The van der Waals surface area contributed by atoms with Gasteiger partial charge >= 0.3 is 0 Å². The van der Waals surface area contributed by atoms with E-state index in [4.69, 9.17) is 0 Å². The molecule has 1 aliphatic heterocycles. The quantitative estimate of drug-likeness (QED) is 0.822. The molecule has 2 heterocycles. The summed E-state index contributed by atoms with van der Waals surface area (Å²) in [6.07, 6.45) is 3.71. The van der Waals surface area contributed by atoms with Crippen LogP contribution < -0.4 is 0 Å². The molecule has 0 amide bonds. The smallest absolute Gasteiger partial charge is 0.267 e. The second-order valence-corrected chi connectivity index (χ2v) is 8.42. The van der Waals surface area contributed by atoms with Crippen LogP contribution in [0.25, 0.3) is 0 Å². The van der Waals surface area contributed by atoms with E-state index in [1.807, 2.05) is 0 Å². The fourth-order valence-corrected chi connectivity index (χ4v) is 5.20. The molecule has 1 fully saturated rings. The number of carbonyl (C=O) groups is 1. The van der Waals surface area contributed by atoms with Crippen LogP contribution in [0.4, 0.5) is 4.39 Å². The van der Waals surface area contributed by atoms with Gasteiger partial charge in [0, 0.05) is 18.7 Å². The average Bonchev–Trinajstić information content (AvgIpc) is 2.80. The number of aromatic nitrogens is 2. The standard InChI is InChI=1S/C18H22FN3O3S/c1-13-17(26(24,25)21-11-5-3-4-6-12-21)14(2)22(20-13)18(23)15-7-9-16(19)10-8-15/h7-10H,3-6,11-12H2,1-2H3. The lowest BCUT2D eigenvalue weighted by molar-refractivity contribution is 0.0942. The van der Waals surface area contributed by atoms with Crippen molar-refractivity contribution in [2.24, 2.45) is 0 Å². The Kier molecular flexibility index (Phi) is 5.24. The minimum atomic E-state index is -3.71. The van der Waals surface area contributed by atoms with Crippen LogP contribution in [0, 0.1) is 19.7 Å². The molecule has 0 atom stereocenters. The van der Waals surface area contributed by atoms with E-state index in [2.05, 4.69) is 5.10 Å². The summed E-state index contributed by atoms with van der Waals surface area (Å²) in [4.78, 5) is 12.8. The van der Waals surface area contributed by atoms with Crippen molar-refractivity contribution in [3.8, 4) is 0 Å². The van der Waals surface area contributed by atoms with Gasteiger partial charge in [-0.25, -0.2) is 12.8 Å². The summed E-state index contributed by atoms with van der Waals surface area (Å²) in [5.41, 5.74) is 0.819. The highest BCUT2D eigenvalue weighted by Crippen LogP contribution is 2.26. The third-order valence-corrected chi connectivity index (χ3v) is 6.82. The van der Waals surface area contributed by atoms with Gasteiger partial charge < -0.3 is 0 Å². The van der Waals surface area contributed by atoms with Crippen LogP contribution in [0.1, 0.15) is 47.4 Å². The molecule has 2 aromatic rings. The van der Waals surface area contributed by atoms with Gasteiger partial charge in [-0.1, -0.05) is 12.8 Å². The first-order chi connectivity index (χ1) is 12.3. The van der Waals surface area contributed by atoms with E-state index >= 15 is 0 Å². The van der Waals surface area contributed by atoms with E-state index in [0.717, 1.165) is 30.4 Å². The van der Waals surface area contributed by atoms with Crippen LogP contribution in [-0.2, 0) is 10.0 Å². The zero-order valence-electron chi connectivity index (χ0n) is 14.9. The van der Waals surface area contributed by atoms with Gasteiger partial charge in [0.25, 0.3) is 5.91 Å². The SMILES string of the molecule is Cc1nn(C(=O)c2ccc(F)cc2)c(C)c1S(=O)(=O)N1CCCCCC1. The van der Waals surface area contributed by atoms with Crippen LogP contribution in [0.5, 0.6) is 0 Å². The van der Waals surface area contributed by atoms with Crippen LogP contribution in [0.2, 0.25) is 0 Å². The Morgan fingerprint density at radius 1 is 1.04 bits per heavy atom. The fourth-order valence-electron chi connectivity index (χ4n) is 3.33. The summed E-state index contributed by atoms with van der Waals surface area (Å²) < 4.78 is 41.9. The zero-order chi connectivity index (χ0) is 18.9. The van der Waals surface area contributed by atoms with Gasteiger partial charge in [0.2, 0.25) is 10.0 Å². The minimum Gasteiger partial charge on any atom is -0.267 e. The van der Waals surface area contributed by atoms with E-state index in [1.54, 1.807) is 13.8 Å². The second-order valence-electron chi connectivity index (χ2n) is 6.54. The molecule has 26 heavy (non-hydrogen) atoms. The Hall–Kier alpha value is -2.06. The first-order valence-electron chi connectivity index (χ1n) is 8.69. The molecule has 0 N–H and O–H groups in total. The van der Waals surface area contributed by atoms with Crippen molar-refractivity contribution in [2.45, 2.75) is 44.4 Å². The highest BCUT2D eigenvalue weighted by atomic mass is 32.2. The van der Waals surface area contributed by atoms with Crippen LogP contribution >= 0.6 is 0 Å². The molecule has 0 spiro atoms. The largest absolute Gasteiger partial charge is 0.278 e. The molecule has 1 aromatic carbocycles. The summed E-state index contributed by atoms with van der Waals surface area (Å²) in [7, 11) is -3.71. The fraction of sp³-hybridized carbons (Fsp3) is 0.444. The van der Waals surface area contributed by atoms with Crippen LogP contribution in [-0.4, -0.2) is 41.5 Å². The highest BCUT2D eigenvalue weighted by Gasteiger charge is 2.32. The molecule has 0 aliphatic carbocycles. The molecule has 3 rings (SSSR count). The number of halogens is 1. The van der Waals surface area contributed by atoms with Crippen molar-refractivity contribution in [1.82, 2.24) is 14.1 Å². The van der Waals surface area contributed by atoms with Crippen molar-refractivity contribution >= 4 is 15.9 Å². The number of sulfonamides is 1. The minimum absolute atomic E-state index is 0.0925. The maximum Gasteiger partial charge on any atom is 0.278 e. The van der Waals surface area contributed by atoms with Crippen LogP contribution in [0.15, 0.2) is 29.2 Å². The van der Waals surface area contributed by atoms with Gasteiger partial charge in [0.1, 0.15) is 10.7 Å². The molecule has 1 aliphatic rings. The average molecular weight is 379 g/mol. The lowest BCUT2D eigenvalue weighted by Gasteiger charge is -2.20. The molecule has 8 heteroatoms. The first kappa shape index (κ1) is 18.7. The Bertz CT molecular complexity index is 912. The summed E-state index contributed by atoms with van der Waals surface area (Å²) in [6.45, 7) is 4.13. The van der Waals surface area contributed by atoms with Crippen molar-refractivity contribution < 1.29 is 17.6 Å². The van der Waals surface area contributed by atoms with Gasteiger partial charge in [-0.2, -0.15) is 14.1 Å². The monoisotopic (exact) mass is 379 g/mol. The maximum atomic E-state index is 13.1. The Morgan fingerprint density at radius 3 is 2.19 bits per heavy atom. The molecular weight excluding hydrogens is 357 g/mol. The molecular formula is C18H22FN3O3S. The number of hydrogen-bond donors (Lipinski definition) is 0. The first-order valence-corrected chi connectivity index (χ1v) is 10.1. The zero-order valence-corrected chi connectivity index (χ0v) is 15.7. The summed E-state index contributed by atoms with van der Waals surface area (Å²) in [6, 6.07) is 5.09. The Balaban J connectivity index is 1.99. The van der Waals surface area contributed by atoms with E-state index in [-0.39, 0.29) is 16.2 Å². The number of benzene rings is 1. The summed E-state index contributed by atoms with van der Waals surface area (Å²) >= 11 is 0. The molecule has 0 radical (unpaired) electrons. The number of aryl methyl sites for hydroxylation is 1. The molecule has 0 saturated carbocycles. The van der Waals surface area contributed by atoms with Crippen molar-refractivity contribution in [1.29, 1.82) is 0 Å². The van der Waals surface area contributed by atoms with Crippen molar-refractivity contribution in [2.75, 3.05) is 13.1 Å². The van der Waals surface area contributed by atoms with E-state index in [1.165, 1.54) is 28.6 Å². The molecule has 140 valence electrons. The molecule has 1 saturated heterocycles. The highest BCUT2D eigenvalue weighted by molar-refractivity contribution is 7.89. The van der Waals surface area contributed by atoms with E-state index in [0.29, 0.717) is 18.8 Å². The number of carbonyl (C=O) groups excluding carboxylic acids is 1. The third-order valence-electron chi connectivity index (χ3n) is 4.67. The number of nitrogens with zero attached hydrogens (tertiary/aromatic N) is 3. The van der Waals surface area contributed by atoms with Crippen molar-refractivity contribution in [3.05, 3.63) is 47.0 Å². The second kappa shape index (κ2) is 7.28. The number of hydrogen-bond acceptors (Lipinski definition) is 4.